The molecule has 1 aromatic carbocycles. The van der Waals surface area contributed by atoms with Gasteiger partial charge in [0.2, 0.25) is 5.91 Å². The van der Waals surface area contributed by atoms with Gasteiger partial charge >= 0.3 is 0 Å². The molecule has 0 radical (unpaired) electrons. The Morgan fingerprint density at radius 1 is 1.38 bits per heavy atom. The summed E-state index contributed by atoms with van der Waals surface area (Å²) in [5.74, 6) is 0.254. The van der Waals surface area contributed by atoms with Gasteiger partial charge in [0.1, 0.15) is 0 Å². The number of amides is 1. The SMILES string of the molecule is Cc1cccc(C)c1CN1CC(Br)CC1=O. The molecule has 1 saturated heterocycles. The molecule has 2 nitrogen and oxygen atoms in total. The molecule has 0 aliphatic carbocycles. The molecule has 0 aromatic heterocycles. The highest BCUT2D eigenvalue weighted by Gasteiger charge is 2.27. The molecule has 0 saturated carbocycles. The lowest BCUT2D eigenvalue weighted by Gasteiger charge is -2.19. The summed E-state index contributed by atoms with van der Waals surface area (Å²) in [7, 11) is 0. The van der Waals surface area contributed by atoms with Crippen LogP contribution in [0.25, 0.3) is 0 Å². The summed E-state index contributed by atoms with van der Waals surface area (Å²) in [5.41, 5.74) is 3.83. The van der Waals surface area contributed by atoms with Gasteiger partial charge in [-0.1, -0.05) is 34.1 Å². The molecule has 0 bridgehead atoms. The van der Waals surface area contributed by atoms with E-state index in [2.05, 4.69) is 48.0 Å². The highest BCUT2D eigenvalue weighted by atomic mass is 79.9. The number of alkyl halides is 1. The second-order valence-corrected chi connectivity index (χ2v) is 5.74. The van der Waals surface area contributed by atoms with Crippen LogP contribution in [-0.4, -0.2) is 22.2 Å². The zero-order valence-electron chi connectivity index (χ0n) is 9.66. The number of aryl methyl sites for hydroxylation is 2. The van der Waals surface area contributed by atoms with Gasteiger partial charge in [-0.3, -0.25) is 4.79 Å². The van der Waals surface area contributed by atoms with Gasteiger partial charge in [-0.2, -0.15) is 0 Å². The van der Waals surface area contributed by atoms with E-state index in [4.69, 9.17) is 0 Å². The molecule has 0 spiro atoms. The minimum atomic E-state index is 0.254. The van der Waals surface area contributed by atoms with E-state index in [1.807, 2.05) is 4.90 Å². The first-order chi connectivity index (χ1) is 7.58. The number of halogens is 1. The fraction of sp³-hybridized carbons (Fsp3) is 0.462. The number of hydrogen-bond acceptors (Lipinski definition) is 1. The van der Waals surface area contributed by atoms with E-state index in [1.54, 1.807) is 0 Å². The highest BCUT2D eigenvalue weighted by Crippen LogP contribution is 2.22. The smallest absolute Gasteiger partial charge is 0.224 e. The normalized spacial score (nSPS) is 20.6. The van der Waals surface area contributed by atoms with Crippen molar-refractivity contribution in [3.8, 4) is 0 Å². The van der Waals surface area contributed by atoms with Gasteiger partial charge in [0.05, 0.1) is 0 Å². The van der Waals surface area contributed by atoms with Gasteiger partial charge in [0.25, 0.3) is 0 Å². The van der Waals surface area contributed by atoms with Crippen LogP contribution in [0, 0.1) is 13.8 Å². The van der Waals surface area contributed by atoms with E-state index < -0.39 is 0 Å². The Balaban J connectivity index is 2.18. The molecular weight excluding hydrogens is 266 g/mol. The van der Waals surface area contributed by atoms with Crippen LogP contribution in [0.5, 0.6) is 0 Å². The minimum absolute atomic E-state index is 0.254. The molecule has 1 fully saturated rings. The minimum Gasteiger partial charge on any atom is -0.337 e. The van der Waals surface area contributed by atoms with Gasteiger partial charge in [0.15, 0.2) is 0 Å². The average molecular weight is 282 g/mol. The topological polar surface area (TPSA) is 20.3 Å². The zero-order valence-corrected chi connectivity index (χ0v) is 11.3. The molecule has 1 atom stereocenters. The van der Waals surface area contributed by atoms with E-state index in [0.29, 0.717) is 11.2 Å². The van der Waals surface area contributed by atoms with Crippen molar-refractivity contribution in [3.05, 3.63) is 34.9 Å². The van der Waals surface area contributed by atoms with Crippen molar-refractivity contribution in [1.29, 1.82) is 0 Å². The quantitative estimate of drug-likeness (QED) is 0.764. The van der Waals surface area contributed by atoms with Gasteiger partial charge in [-0.25, -0.2) is 0 Å². The maximum absolute atomic E-state index is 11.7. The van der Waals surface area contributed by atoms with E-state index in [0.717, 1.165) is 13.1 Å². The Kier molecular flexibility index (Phi) is 3.33. The molecule has 1 heterocycles. The maximum Gasteiger partial charge on any atom is 0.224 e. The zero-order chi connectivity index (χ0) is 11.7. The predicted molar refractivity (Wildman–Crippen MR) is 68.7 cm³/mol. The van der Waals surface area contributed by atoms with Crippen molar-refractivity contribution >= 4 is 21.8 Å². The molecule has 2 rings (SSSR count). The maximum atomic E-state index is 11.7. The van der Waals surface area contributed by atoms with Crippen molar-refractivity contribution < 1.29 is 4.79 Å². The van der Waals surface area contributed by atoms with E-state index in [9.17, 15) is 4.79 Å². The van der Waals surface area contributed by atoms with Crippen LogP contribution in [0.4, 0.5) is 0 Å². The number of carbonyl (C=O) groups is 1. The molecule has 1 aliphatic heterocycles. The third-order valence-electron chi connectivity index (χ3n) is 3.16. The van der Waals surface area contributed by atoms with Gasteiger partial charge in [-0.05, 0) is 30.5 Å². The van der Waals surface area contributed by atoms with E-state index >= 15 is 0 Å². The summed E-state index contributed by atoms with van der Waals surface area (Å²) in [4.78, 5) is 14.0. The van der Waals surface area contributed by atoms with E-state index in [-0.39, 0.29) is 5.91 Å². The summed E-state index contributed by atoms with van der Waals surface area (Å²) in [6.07, 6.45) is 0.630. The summed E-state index contributed by atoms with van der Waals surface area (Å²) < 4.78 is 0. The van der Waals surface area contributed by atoms with Crippen LogP contribution in [0.3, 0.4) is 0 Å². The Labute approximate surface area is 105 Å². The van der Waals surface area contributed by atoms with Gasteiger partial charge in [0, 0.05) is 24.3 Å². The van der Waals surface area contributed by atoms with Crippen LogP contribution in [0.1, 0.15) is 23.1 Å². The van der Waals surface area contributed by atoms with Crippen molar-refractivity contribution in [2.24, 2.45) is 0 Å². The van der Waals surface area contributed by atoms with Crippen molar-refractivity contribution in [3.63, 3.8) is 0 Å². The Bertz CT molecular complexity index is 396. The lowest BCUT2D eigenvalue weighted by atomic mass is 10.0. The van der Waals surface area contributed by atoms with Gasteiger partial charge in [-0.15, -0.1) is 0 Å². The first kappa shape index (κ1) is 11.6. The molecule has 16 heavy (non-hydrogen) atoms. The van der Waals surface area contributed by atoms with Crippen LogP contribution in [0.2, 0.25) is 0 Å². The Morgan fingerprint density at radius 3 is 2.50 bits per heavy atom. The number of carbonyl (C=O) groups excluding carboxylic acids is 1. The van der Waals surface area contributed by atoms with Crippen LogP contribution < -0.4 is 0 Å². The first-order valence-electron chi connectivity index (χ1n) is 5.55. The van der Waals surface area contributed by atoms with Crippen LogP contribution in [0.15, 0.2) is 18.2 Å². The molecule has 3 heteroatoms. The molecule has 1 aliphatic rings. The summed E-state index contributed by atoms with van der Waals surface area (Å²) >= 11 is 3.51. The molecule has 86 valence electrons. The molecule has 0 N–H and O–H groups in total. The Hall–Kier alpha value is -0.830. The molecule has 1 unspecified atom stereocenters. The average Bonchev–Trinajstić information content (AvgIpc) is 2.51. The first-order valence-corrected chi connectivity index (χ1v) is 6.46. The third-order valence-corrected chi connectivity index (χ3v) is 3.77. The standard InChI is InChI=1S/C13H16BrNO/c1-9-4-3-5-10(2)12(9)8-15-7-11(14)6-13(15)16/h3-5,11H,6-8H2,1-2H3. The third kappa shape index (κ3) is 2.29. The highest BCUT2D eigenvalue weighted by molar-refractivity contribution is 9.09. The van der Waals surface area contributed by atoms with Crippen LogP contribution >= 0.6 is 15.9 Å². The van der Waals surface area contributed by atoms with Crippen molar-refractivity contribution in [2.75, 3.05) is 6.54 Å². The number of likely N-dealkylation sites (tertiary alicyclic amines) is 1. The molecular formula is C13H16BrNO. The lowest BCUT2D eigenvalue weighted by molar-refractivity contribution is -0.128. The fourth-order valence-electron chi connectivity index (χ4n) is 2.17. The largest absolute Gasteiger partial charge is 0.337 e. The van der Waals surface area contributed by atoms with Crippen molar-refractivity contribution in [2.45, 2.75) is 31.6 Å². The predicted octanol–water partition coefficient (Wildman–Crippen LogP) is 2.80. The summed E-state index contributed by atoms with van der Waals surface area (Å²) in [5, 5.41) is 0. The monoisotopic (exact) mass is 281 g/mol. The summed E-state index contributed by atoms with van der Waals surface area (Å²) in [6.45, 7) is 5.79. The summed E-state index contributed by atoms with van der Waals surface area (Å²) in [6, 6.07) is 6.27. The van der Waals surface area contributed by atoms with Crippen LogP contribution in [-0.2, 0) is 11.3 Å². The number of rotatable bonds is 2. The number of benzene rings is 1. The Morgan fingerprint density at radius 2 is 2.00 bits per heavy atom. The number of hydrogen-bond donors (Lipinski definition) is 0. The molecule has 1 aromatic rings. The van der Waals surface area contributed by atoms with Gasteiger partial charge < -0.3 is 4.90 Å². The second kappa shape index (κ2) is 4.58. The lowest BCUT2D eigenvalue weighted by Crippen LogP contribution is -2.25. The van der Waals surface area contributed by atoms with Crippen molar-refractivity contribution in [1.82, 2.24) is 4.90 Å². The number of nitrogens with zero attached hydrogens (tertiary/aromatic N) is 1. The molecule has 1 amide bonds. The fourth-order valence-corrected chi connectivity index (χ4v) is 2.79. The second-order valence-electron chi connectivity index (χ2n) is 4.45. The van der Waals surface area contributed by atoms with E-state index in [1.165, 1.54) is 16.7 Å².